The zero-order chi connectivity index (χ0) is 13.3. The molecule has 0 amide bonds. The monoisotopic (exact) mass is 310 g/mol. The number of hydrogen-bond donors (Lipinski definition) is 2. The first kappa shape index (κ1) is 12.6. The molecule has 0 saturated carbocycles. The molecule has 18 heavy (non-hydrogen) atoms. The molecule has 94 valence electrons. The predicted molar refractivity (Wildman–Crippen MR) is 71.0 cm³/mol. The van der Waals surface area contributed by atoms with E-state index in [1.54, 1.807) is 0 Å². The van der Waals surface area contributed by atoms with Gasteiger partial charge in [-0.15, -0.1) is 0 Å². The van der Waals surface area contributed by atoms with Gasteiger partial charge in [0.25, 0.3) is 5.56 Å². The highest BCUT2D eigenvalue weighted by atomic mass is 79.9. The number of hydrogen-bond acceptors (Lipinski definition) is 3. The summed E-state index contributed by atoms with van der Waals surface area (Å²) < 4.78 is 2.06. The van der Waals surface area contributed by atoms with Crippen molar-refractivity contribution in [3.8, 4) is 5.88 Å². The van der Waals surface area contributed by atoms with Crippen LogP contribution in [0.25, 0.3) is 0 Å². The van der Waals surface area contributed by atoms with Crippen molar-refractivity contribution < 1.29 is 5.11 Å². The van der Waals surface area contributed by atoms with Crippen LogP contribution in [-0.4, -0.2) is 14.7 Å². The van der Waals surface area contributed by atoms with Crippen LogP contribution in [-0.2, 0) is 6.54 Å². The molecule has 1 heterocycles. The van der Waals surface area contributed by atoms with Gasteiger partial charge in [-0.05, 0) is 24.6 Å². The summed E-state index contributed by atoms with van der Waals surface area (Å²) in [5.41, 5.74) is -0.204. The predicted octanol–water partition coefficient (Wildman–Crippen LogP) is 1.36. The molecule has 0 aliphatic carbocycles. The number of halogens is 1. The molecule has 0 aliphatic heterocycles. The number of H-pyrrole nitrogens is 1. The lowest BCUT2D eigenvalue weighted by molar-refractivity contribution is 0.404. The van der Waals surface area contributed by atoms with Crippen LogP contribution in [0.1, 0.15) is 11.1 Å². The normalized spacial score (nSPS) is 10.6. The van der Waals surface area contributed by atoms with Crippen LogP contribution < -0.4 is 11.2 Å². The highest BCUT2D eigenvalue weighted by molar-refractivity contribution is 9.10. The second-order valence-corrected chi connectivity index (χ2v) is 4.84. The highest BCUT2D eigenvalue weighted by Gasteiger charge is 2.10. The summed E-state index contributed by atoms with van der Waals surface area (Å²) in [5.74, 6) is -0.299. The SMILES string of the molecule is Cc1c(O)n(Cc2ccc(Br)cc2)c(=O)[nH]c1=O. The Hall–Kier alpha value is -1.82. The summed E-state index contributed by atoms with van der Waals surface area (Å²) in [5, 5.41) is 9.81. The Morgan fingerprint density at radius 2 is 1.89 bits per heavy atom. The van der Waals surface area contributed by atoms with Crippen molar-refractivity contribution in [1.29, 1.82) is 0 Å². The van der Waals surface area contributed by atoms with Crippen LogP contribution in [0, 0.1) is 6.92 Å². The van der Waals surface area contributed by atoms with Crippen molar-refractivity contribution in [1.82, 2.24) is 9.55 Å². The summed E-state index contributed by atoms with van der Waals surface area (Å²) in [4.78, 5) is 25.1. The van der Waals surface area contributed by atoms with Gasteiger partial charge in [0, 0.05) is 4.47 Å². The van der Waals surface area contributed by atoms with E-state index in [2.05, 4.69) is 20.9 Å². The van der Waals surface area contributed by atoms with E-state index in [0.29, 0.717) is 0 Å². The summed E-state index contributed by atoms with van der Waals surface area (Å²) in [6, 6.07) is 7.35. The Balaban J connectivity index is 2.47. The number of aromatic hydroxyl groups is 1. The average molecular weight is 311 g/mol. The fourth-order valence-corrected chi connectivity index (χ4v) is 1.84. The Morgan fingerprint density at radius 1 is 1.28 bits per heavy atom. The van der Waals surface area contributed by atoms with Gasteiger partial charge in [-0.3, -0.25) is 14.3 Å². The maximum absolute atomic E-state index is 11.6. The lowest BCUT2D eigenvalue weighted by Crippen LogP contribution is -2.31. The van der Waals surface area contributed by atoms with Gasteiger partial charge in [-0.2, -0.15) is 0 Å². The zero-order valence-electron chi connectivity index (χ0n) is 9.61. The van der Waals surface area contributed by atoms with E-state index in [1.807, 2.05) is 24.3 Å². The van der Waals surface area contributed by atoms with Crippen LogP contribution in [0.3, 0.4) is 0 Å². The van der Waals surface area contributed by atoms with E-state index in [9.17, 15) is 14.7 Å². The Labute approximate surface area is 111 Å². The van der Waals surface area contributed by atoms with Crippen molar-refractivity contribution in [3.05, 3.63) is 60.7 Å². The van der Waals surface area contributed by atoms with Crippen molar-refractivity contribution in [3.63, 3.8) is 0 Å². The quantitative estimate of drug-likeness (QED) is 0.879. The molecule has 0 unspecified atom stereocenters. The molecule has 5 nitrogen and oxygen atoms in total. The van der Waals surface area contributed by atoms with Gasteiger partial charge in [0.05, 0.1) is 12.1 Å². The number of nitrogens with one attached hydrogen (secondary N) is 1. The first-order chi connectivity index (χ1) is 8.49. The molecule has 1 aromatic carbocycles. The topological polar surface area (TPSA) is 75.1 Å². The van der Waals surface area contributed by atoms with Crippen LogP contribution >= 0.6 is 15.9 Å². The molecular weight excluding hydrogens is 300 g/mol. The van der Waals surface area contributed by atoms with E-state index in [1.165, 1.54) is 6.92 Å². The molecule has 2 N–H and O–H groups in total. The molecule has 0 fully saturated rings. The number of aromatic amines is 1. The molecule has 2 aromatic rings. The Morgan fingerprint density at radius 3 is 2.50 bits per heavy atom. The van der Waals surface area contributed by atoms with Crippen LogP contribution in [0.2, 0.25) is 0 Å². The fourth-order valence-electron chi connectivity index (χ4n) is 1.58. The number of nitrogens with zero attached hydrogens (tertiary/aromatic N) is 1. The molecule has 0 bridgehead atoms. The summed E-state index contributed by atoms with van der Waals surface area (Å²) in [7, 11) is 0. The van der Waals surface area contributed by atoms with Crippen molar-refractivity contribution in [2.75, 3.05) is 0 Å². The number of rotatable bonds is 2. The molecule has 0 radical (unpaired) electrons. The molecule has 6 heteroatoms. The molecule has 0 saturated heterocycles. The van der Waals surface area contributed by atoms with E-state index in [0.717, 1.165) is 14.6 Å². The number of benzene rings is 1. The van der Waals surface area contributed by atoms with E-state index >= 15 is 0 Å². The maximum atomic E-state index is 11.6. The average Bonchev–Trinajstić information content (AvgIpc) is 2.34. The largest absolute Gasteiger partial charge is 0.494 e. The summed E-state index contributed by atoms with van der Waals surface area (Å²) in [6.45, 7) is 1.67. The fraction of sp³-hybridized carbons (Fsp3) is 0.167. The van der Waals surface area contributed by atoms with Crippen LogP contribution in [0.15, 0.2) is 38.3 Å². The highest BCUT2D eigenvalue weighted by Crippen LogP contribution is 2.14. The van der Waals surface area contributed by atoms with Gasteiger partial charge in [0.2, 0.25) is 5.88 Å². The number of aromatic nitrogens is 2. The van der Waals surface area contributed by atoms with Crippen LogP contribution in [0.5, 0.6) is 5.88 Å². The van der Waals surface area contributed by atoms with Gasteiger partial charge in [0.1, 0.15) is 0 Å². The van der Waals surface area contributed by atoms with Gasteiger partial charge < -0.3 is 5.11 Å². The van der Waals surface area contributed by atoms with Gasteiger partial charge in [-0.25, -0.2) is 4.79 Å². The summed E-state index contributed by atoms with van der Waals surface area (Å²) >= 11 is 3.32. The van der Waals surface area contributed by atoms with Crippen molar-refractivity contribution >= 4 is 15.9 Å². The first-order valence-corrected chi connectivity index (χ1v) is 6.05. The maximum Gasteiger partial charge on any atom is 0.331 e. The first-order valence-electron chi connectivity index (χ1n) is 5.26. The van der Waals surface area contributed by atoms with Crippen molar-refractivity contribution in [2.24, 2.45) is 0 Å². The smallest absolute Gasteiger partial charge is 0.331 e. The second-order valence-electron chi connectivity index (χ2n) is 3.92. The molecule has 0 aliphatic rings. The molecule has 1 aromatic heterocycles. The minimum Gasteiger partial charge on any atom is -0.494 e. The molecule has 2 rings (SSSR count). The molecular formula is C12H11BrN2O3. The Bertz CT molecular complexity index is 686. The third-order valence-electron chi connectivity index (χ3n) is 2.65. The van der Waals surface area contributed by atoms with Gasteiger partial charge in [0.15, 0.2) is 0 Å². The van der Waals surface area contributed by atoms with Crippen molar-refractivity contribution in [2.45, 2.75) is 13.5 Å². The second kappa shape index (κ2) is 4.81. The Kier molecular flexibility index (Phi) is 3.38. The van der Waals surface area contributed by atoms with Gasteiger partial charge in [-0.1, -0.05) is 28.1 Å². The van der Waals surface area contributed by atoms with E-state index < -0.39 is 11.2 Å². The minimum absolute atomic E-state index is 0.131. The van der Waals surface area contributed by atoms with Gasteiger partial charge >= 0.3 is 5.69 Å². The lowest BCUT2D eigenvalue weighted by Gasteiger charge is -2.09. The third-order valence-corrected chi connectivity index (χ3v) is 3.18. The standard InChI is InChI=1S/C12H11BrN2O3/c1-7-10(16)14-12(18)15(11(7)17)6-8-2-4-9(13)5-3-8/h2-5,17H,6H2,1H3,(H,14,16,18). The lowest BCUT2D eigenvalue weighted by atomic mass is 10.2. The minimum atomic E-state index is -0.619. The van der Waals surface area contributed by atoms with E-state index in [4.69, 9.17) is 0 Å². The summed E-state index contributed by atoms with van der Waals surface area (Å²) in [6.07, 6.45) is 0. The van der Waals surface area contributed by atoms with E-state index in [-0.39, 0.29) is 18.0 Å². The molecule has 0 atom stereocenters. The van der Waals surface area contributed by atoms with Crippen LogP contribution in [0.4, 0.5) is 0 Å². The zero-order valence-corrected chi connectivity index (χ0v) is 11.2. The third kappa shape index (κ3) is 2.38. The molecule has 0 spiro atoms.